The molecule has 0 N–H and O–H groups in total. The number of hydrogen-bond acceptors (Lipinski definition) is 3. The molecule has 1 fully saturated rings. The van der Waals surface area contributed by atoms with E-state index in [1.165, 1.54) is 4.31 Å². The summed E-state index contributed by atoms with van der Waals surface area (Å²) in [7, 11) is -1.74. The van der Waals surface area contributed by atoms with E-state index in [1.807, 2.05) is 61.6 Å². The van der Waals surface area contributed by atoms with Crippen LogP contribution in [0.2, 0.25) is 0 Å². The molecule has 32 heavy (non-hydrogen) atoms. The Balaban J connectivity index is 1.45. The molecule has 3 aromatic rings. The van der Waals surface area contributed by atoms with Gasteiger partial charge in [-0.3, -0.25) is 4.79 Å². The molecule has 6 heteroatoms. The van der Waals surface area contributed by atoms with Crippen LogP contribution in [0.1, 0.15) is 38.2 Å². The molecule has 0 aliphatic carbocycles. The van der Waals surface area contributed by atoms with E-state index in [4.69, 9.17) is 0 Å². The Bertz CT molecular complexity index is 1210. The first-order valence-corrected chi connectivity index (χ1v) is 12.6. The predicted octanol–water partition coefficient (Wildman–Crippen LogP) is 5.03. The van der Waals surface area contributed by atoms with Crippen molar-refractivity contribution in [3.8, 4) is 0 Å². The molecule has 0 atom stereocenters. The highest BCUT2D eigenvalue weighted by Gasteiger charge is 2.33. The third kappa shape index (κ3) is 4.30. The van der Waals surface area contributed by atoms with Crippen molar-refractivity contribution in [1.29, 1.82) is 0 Å². The Kier molecular flexibility index (Phi) is 6.35. The van der Waals surface area contributed by atoms with Crippen LogP contribution >= 0.6 is 0 Å². The Labute approximate surface area is 190 Å². The number of nitrogens with zero attached hydrogens (tertiary/aromatic N) is 2. The number of piperidine rings is 1. The first-order chi connectivity index (χ1) is 15.3. The van der Waals surface area contributed by atoms with Crippen molar-refractivity contribution >= 4 is 32.4 Å². The lowest BCUT2D eigenvalue weighted by molar-refractivity contribution is -0.123. The summed E-state index contributed by atoms with van der Waals surface area (Å²) in [6.45, 7) is 4.88. The van der Waals surface area contributed by atoms with E-state index < -0.39 is 10.0 Å². The van der Waals surface area contributed by atoms with Crippen molar-refractivity contribution < 1.29 is 13.2 Å². The highest BCUT2D eigenvalue weighted by Crippen LogP contribution is 2.30. The standard InChI is InChI=1S/C26H30N2O3S/c1-19(2)20-11-13-23(14-12-20)32(30,31)28-17-15-22(16-18-28)26(29)27(3)25-10-6-8-21-7-4-5-9-24(21)25/h4-14,19,22H,15-18H2,1-3H3. The van der Waals surface area contributed by atoms with Crippen LogP contribution in [0.4, 0.5) is 5.69 Å². The third-order valence-corrected chi connectivity index (χ3v) is 8.36. The number of carbonyl (C=O) groups excluding carboxylic acids is 1. The molecular formula is C26H30N2O3S. The van der Waals surface area contributed by atoms with Gasteiger partial charge < -0.3 is 4.90 Å². The van der Waals surface area contributed by atoms with Crippen molar-refractivity contribution in [2.75, 3.05) is 25.0 Å². The third-order valence-electron chi connectivity index (χ3n) is 6.45. The van der Waals surface area contributed by atoms with E-state index in [-0.39, 0.29) is 11.8 Å². The molecule has 1 saturated heterocycles. The normalized spacial score (nSPS) is 15.9. The molecule has 168 valence electrons. The summed E-state index contributed by atoms with van der Waals surface area (Å²) >= 11 is 0. The van der Waals surface area contributed by atoms with Gasteiger partial charge in [-0.25, -0.2) is 8.42 Å². The summed E-state index contributed by atoms with van der Waals surface area (Å²) in [6, 6.07) is 21.1. The molecule has 1 amide bonds. The van der Waals surface area contributed by atoms with Crippen LogP contribution in [0.15, 0.2) is 71.6 Å². The molecule has 1 aliphatic rings. The highest BCUT2D eigenvalue weighted by atomic mass is 32.2. The Hall–Kier alpha value is -2.70. The quantitative estimate of drug-likeness (QED) is 0.548. The molecule has 0 saturated carbocycles. The molecule has 0 bridgehead atoms. The summed E-state index contributed by atoms with van der Waals surface area (Å²) in [4.78, 5) is 15.3. The minimum Gasteiger partial charge on any atom is -0.315 e. The summed E-state index contributed by atoms with van der Waals surface area (Å²) in [5.74, 6) is 0.209. The minimum atomic E-state index is -3.55. The Morgan fingerprint density at radius 2 is 1.56 bits per heavy atom. The van der Waals surface area contributed by atoms with Gasteiger partial charge in [-0.2, -0.15) is 4.31 Å². The number of amides is 1. The van der Waals surface area contributed by atoms with Crippen molar-refractivity contribution in [1.82, 2.24) is 4.31 Å². The van der Waals surface area contributed by atoms with Crippen molar-refractivity contribution in [2.24, 2.45) is 5.92 Å². The van der Waals surface area contributed by atoms with Crippen LogP contribution in [-0.2, 0) is 14.8 Å². The zero-order valence-corrected chi connectivity index (χ0v) is 19.7. The topological polar surface area (TPSA) is 57.7 Å². The minimum absolute atomic E-state index is 0.0414. The van der Waals surface area contributed by atoms with E-state index in [0.29, 0.717) is 36.7 Å². The average Bonchev–Trinajstić information content (AvgIpc) is 2.83. The monoisotopic (exact) mass is 450 g/mol. The molecule has 0 aromatic heterocycles. The zero-order chi connectivity index (χ0) is 22.9. The van der Waals surface area contributed by atoms with Gasteiger partial charge in [0.05, 0.1) is 10.6 Å². The second-order valence-electron chi connectivity index (χ2n) is 8.80. The maximum atomic E-state index is 13.2. The van der Waals surface area contributed by atoms with E-state index in [1.54, 1.807) is 17.0 Å². The van der Waals surface area contributed by atoms with Crippen molar-refractivity contribution in [2.45, 2.75) is 37.5 Å². The molecule has 0 radical (unpaired) electrons. The SMILES string of the molecule is CC(C)c1ccc(S(=O)(=O)N2CCC(C(=O)N(C)c3cccc4ccccc34)CC2)cc1. The maximum Gasteiger partial charge on any atom is 0.243 e. The molecule has 1 aliphatic heterocycles. The molecule has 0 unspecified atom stereocenters. The van der Waals surface area contributed by atoms with Crippen molar-refractivity contribution in [3.63, 3.8) is 0 Å². The van der Waals surface area contributed by atoms with Crippen LogP contribution in [0.25, 0.3) is 10.8 Å². The van der Waals surface area contributed by atoms with Gasteiger partial charge in [0.15, 0.2) is 0 Å². The number of carbonyl (C=O) groups is 1. The number of benzene rings is 3. The van der Waals surface area contributed by atoms with Gasteiger partial charge in [0.1, 0.15) is 0 Å². The summed E-state index contributed by atoms with van der Waals surface area (Å²) in [5, 5.41) is 2.13. The van der Waals surface area contributed by atoms with E-state index in [9.17, 15) is 13.2 Å². The van der Waals surface area contributed by atoms with Crippen LogP contribution in [0, 0.1) is 5.92 Å². The molecular weight excluding hydrogens is 420 g/mol. The fraction of sp³-hybridized carbons (Fsp3) is 0.346. The van der Waals surface area contributed by atoms with E-state index in [2.05, 4.69) is 13.8 Å². The Morgan fingerprint density at radius 3 is 2.22 bits per heavy atom. The smallest absolute Gasteiger partial charge is 0.243 e. The molecule has 5 nitrogen and oxygen atoms in total. The van der Waals surface area contributed by atoms with Gasteiger partial charge in [-0.05, 0) is 47.9 Å². The van der Waals surface area contributed by atoms with Crippen LogP contribution < -0.4 is 4.90 Å². The van der Waals surface area contributed by atoms with E-state index in [0.717, 1.165) is 22.0 Å². The highest BCUT2D eigenvalue weighted by molar-refractivity contribution is 7.89. The van der Waals surface area contributed by atoms with Crippen LogP contribution in [-0.4, -0.2) is 38.8 Å². The number of sulfonamides is 1. The van der Waals surface area contributed by atoms with Crippen molar-refractivity contribution in [3.05, 3.63) is 72.3 Å². The van der Waals surface area contributed by atoms with Gasteiger partial charge in [-0.15, -0.1) is 0 Å². The molecule has 3 aromatic carbocycles. The summed E-state index contributed by atoms with van der Waals surface area (Å²) in [6.07, 6.45) is 1.05. The predicted molar refractivity (Wildman–Crippen MR) is 129 cm³/mol. The number of fused-ring (bicyclic) bond motifs is 1. The molecule has 4 rings (SSSR count). The maximum absolute atomic E-state index is 13.2. The lowest BCUT2D eigenvalue weighted by Gasteiger charge is -2.32. The lowest BCUT2D eigenvalue weighted by atomic mass is 9.96. The second kappa shape index (κ2) is 9.04. The summed E-state index contributed by atoms with van der Waals surface area (Å²) < 4.78 is 27.7. The first kappa shape index (κ1) is 22.5. The molecule has 0 spiro atoms. The Morgan fingerprint density at radius 1 is 0.938 bits per heavy atom. The summed E-state index contributed by atoms with van der Waals surface area (Å²) in [5.41, 5.74) is 2.00. The number of anilines is 1. The number of hydrogen-bond donors (Lipinski definition) is 0. The second-order valence-corrected chi connectivity index (χ2v) is 10.7. The molecule has 1 heterocycles. The van der Waals surface area contributed by atoms with Gasteiger partial charge in [-0.1, -0.05) is 62.4 Å². The van der Waals surface area contributed by atoms with Gasteiger partial charge >= 0.3 is 0 Å². The number of rotatable bonds is 5. The van der Waals surface area contributed by atoms with Gasteiger partial charge in [0, 0.05) is 31.4 Å². The zero-order valence-electron chi connectivity index (χ0n) is 18.9. The average molecular weight is 451 g/mol. The van der Waals surface area contributed by atoms with Gasteiger partial charge in [0.2, 0.25) is 15.9 Å². The fourth-order valence-electron chi connectivity index (χ4n) is 4.41. The van der Waals surface area contributed by atoms with Gasteiger partial charge in [0.25, 0.3) is 0 Å². The van der Waals surface area contributed by atoms with Crippen LogP contribution in [0.3, 0.4) is 0 Å². The largest absolute Gasteiger partial charge is 0.315 e. The fourth-order valence-corrected chi connectivity index (χ4v) is 5.88. The van der Waals surface area contributed by atoms with Crippen LogP contribution in [0.5, 0.6) is 0 Å². The lowest BCUT2D eigenvalue weighted by Crippen LogP contribution is -2.43. The first-order valence-electron chi connectivity index (χ1n) is 11.1. The van der Waals surface area contributed by atoms with E-state index >= 15 is 0 Å².